The van der Waals surface area contributed by atoms with E-state index in [1.807, 2.05) is 36.4 Å². The molecule has 2 aromatic carbocycles. The molecule has 0 radical (unpaired) electrons. The molecule has 0 aromatic heterocycles. The third-order valence-electron chi connectivity index (χ3n) is 4.41. The molecule has 0 aliphatic carbocycles. The molecule has 1 aliphatic rings. The second kappa shape index (κ2) is 9.69. The number of hydrogen-bond acceptors (Lipinski definition) is 6. The van der Waals surface area contributed by atoms with Crippen LogP contribution in [0.3, 0.4) is 0 Å². The number of carbonyl (C=O) groups is 1. The van der Waals surface area contributed by atoms with Gasteiger partial charge < -0.3 is 14.2 Å². The van der Waals surface area contributed by atoms with Crippen LogP contribution >= 0.6 is 0 Å². The Morgan fingerprint density at radius 3 is 2.55 bits per heavy atom. The van der Waals surface area contributed by atoms with Crippen molar-refractivity contribution in [2.45, 2.75) is 4.90 Å². The maximum Gasteiger partial charge on any atom is 0.338 e. The van der Waals surface area contributed by atoms with E-state index in [9.17, 15) is 13.2 Å². The van der Waals surface area contributed by atoms with Gasteiger partial charge in [0, 0.05) is 13.1 Å². The average molecular weight is 417 g/mol. The summed E-state index contributed by atoms with van der Waals surface area (Å²) in [5, 5.41) is 0. The monoisotopic (exact) mass is 417 g/mol. The van der Waals surface area contributed by atoms with Gasteiger partial charge in [-0.2, -0.15) is 4.31 Å². The Bertz CT molecular complexity index is 966. The summed E-state index contributed by atoms with van der Waals surface area (Å²) in [5.74, 6) is -0.430. The number of esters is 1. The molecule has 0 saturated carbocycles. The number of benzene rings is 2. The fourth-order valence-electron chi connectivity index (χ4n) is 2.89. The molecule has 1 fully saturated rings. The van der Waals surface area contributed by atoms with Crippen LogP contribution in [0, 0.1) is 0 Å². The molecule has 1 saturated heterocycles. The van der Waals surface area contributed by atoms with Crippen molar-refractivity contribution in [1.29, 1.82) is 0 Å². The first-order valence-corrected chi connectivity index (χ1v) is 10.6. The number of carbonyl (C=O) groups excluding carboxylic acids is 1. The molecule has 2 aromatic rings. The van der Waals surface area contributed by atoms with Crippen LogP contribution in [0.5, 0.6) is 5.75 Å². The molecule has 29 heavy (non-hydrogen) atoms. The van der Waals surface area contributed by atoms with Crippen LogP contribution in [0.1, 0.15) is 15.9 Å². The second-order valence-electron chi connectivity index (χ2n) is 6.29. The Kier molecular flexibility index (Phi) is 7.03. The predicted molar refractivity (Wildman–Crippen MR) is 108 cm³/mol. The van der Waals surface area contributed by atoms with E-state index in [0.717, 1.165) is 5.56 Å². The number of rotatable bonds is 7. The maximum atomic E-state index is 13.0. The minimum atomic E-state index is -3.82. The van der Waals surface area contributed by atoms with Crippen LogP contribution in [0.15, 0.2) is 59.5 Å². The van der Waals surface area contributed by atoms with Crippen LogP contribution in [0.2, 0.25) is 0 Å². The molecule has 3 rings (SSSR count). The zero-order chi connectivity index (χ0) is 20.7. The summed E-state index contributed by atoms with van der Waals surface area (Å²) in [6.07, 6.45) is 3.57. The van der Waals surface area contributed by atoms with E-state index in [-0.39, 0.29) is 35.9 Å². The quantitative estimate of drug-likeness (QED) is 0.644. The van der Waals surface area contributed by atoms with Crippen LogP contribution in [0.4, 0.5) is 0 Å². The summed E-state index contributed by atoms with van der Waals surface area (Å²) in [5.41, 5.74) is 1.14. The Hall–Kier alpha value is -2.68. The van der Waals surface area contributed by atoms with E-state index in [2.05, 4.69) is 0 Å². The average Bonchev–Trinajstić information content (AvgIpc) is 2.77. The highest BCUT2D eigenvalue weighted by Crippen LogP contribution is 2.28. The molecular weight excluding hydrogens is 394 g/mol. The van der Waals surface area contributed by atoms with Gasteiger partial charge in [-0.3, -0.25) is 0 Å². The summed E-state index contributed by atoms with van der Waals surface area (Å²) in [6.45, 7) is 1.24. The van der Waals surface area contributed by atoms with Crippen molar-refractivity contribution in [2.75, 3.05) is 40.0 Å². The molecule has 0 N–H and O–H groups in total. The second-order valence-corrected chi connectivity index (χ2v) is 8.20. The highest BCUT2D eigenvalue weighted by Gasteiger charge is 2.30. The molecule has 154 valence electrons. The van der Waals surface area contributed by atoms with Crippen LogP contribution in [-0.2, 0) is 19.5 Å². The summed E-state index contributed by atoms with van der Waals surface area (Å²) in [7, 11) is -2.43. The van der Waals surface area contributed by atoms with E-state index in [1.54, 1.807) is 6.08 Å². The Balaban J connectivity index is 1.73. The first-order valence-electron chi connectivity index (χ1n) is 9.17. The van der Waals surface area contributed by atoms with Crippen LogP contribution in [-0.4, -0.2) is 58.7 Å². The summed E-state index contributed by atoms with van der Waals surface area (Å²) < 4.78 is 43.0. The smallest absolute Gasteiger partial charge is 0.338 e. The van der Waals surface area contributed by atoms with Crippen LogP contribution < -0.4 is 4.74 Å². The molecular formula is C21H23NO6S. The first-order chi connectivity index (χ1) is 14.0. The molecule has 7 nitrogen and oxygen atoms in total. The lowest BCUT2D eigenvalue weighted by atomic mass is 10.2. The van der Waals surface area contributed by atoms with E-state index in [4.69, 9.17) is 14.2 Å². The minimum absolute atomic E-state index is 0.0591. The number of hydrogen-bond donors (Lipinski definition) is 0. The van der Waals surface area contributed by atoms with Gasteiger partial charge in [0.05, 0.1) is 25.9 Å². The number of nitrogens with zero attached hydrogens (tertiary/aromatic N) is 1. The Labute approximate surface area is 170 Å². The van der Waals surface area contributed by atoms with Gasteiger partial charge in [0.15, 0.2) is 0 Å². The number of sulfonamides is 1. The summed E-state index contributed by atoms with van der Waals surface area (Å²) in [4.78, 5) is 12.3. The number of morpholine rings is 1. The third-order valence-corrected chi connectivity index (χ3v) is 6.33. The topological polar surface area (TPSA) is 82.1 Å². The standard InChI is InChI=1S/C21H23NO6S/c1-26-19-10-9-18(16-20(19)29(24,25)22-11-14-27-15-12-22)21(23)28-13-5-8-17-6-3-2-4-7-17/h2-10,16H,11-15H2,1H3/b8-5+. The number of methoxy groups -OCH3 is 1. The first kappa shape index (κ1) is 21.0. The number of ether oxygens (including phenoxy) is 3. The predicted octanol–water partition coefficient (Wildman–Crippen LogP) is 2.59. The van der Waals surface area contributed by atoms with Crippen molar-refractivity contribution in [2.24, 2.45) is 0 Å². The van der Waals surface area contributed by atoms with Gasteiger partial charge in [0.2, 0.25) is 10.0 Å². The SMILES string of the molecule is COc1ccc(C(=O)OC/C=C/c2ccccc2)cc1S(=O)(=O)N1CCOCC1. The Morgan fingerprint density at radius 1 is 1.14 bits per heavy atom. The normalized spacial score (nSPS) is 15.3. The molecule has 1 aliphatic heterocycles. The minimum Gasteiger partial charge on any atom is -0.495 e. The van der Waals surface area contributed by atoms with Crippen molar-refractivity contribution in [3.63, 3.8) is 0 Å². The Morgan fingerprint density at radius 2 is 1.86 bits per heavy atom. The van der Waals surface area contributed by atoms with Gasteiger partial charge in [0.25, 0.3) is 0 Å². The lowest BCUT2D eigenvalue weighted by molar-refractivity contribution is 0.0549. The van der Waals surface area contributed by atoms with Crippen molar-refractivity contribution < 1.29 is 27.4 Å². The van der Waals surface area contributed by atoms with Crippen molar-refractivity contribution in [3.05, 3.63) is 65.7 Å². The molecule has 0 amide bonds. The molecule has 0 atom stereocenters. The van der Waals surface area contributed by atoms with Crippen LogP contribution in [0.25, 0.3) is 6.08 Å². The van der Waals surface area contributed by atoms with Gasteiger partial charge in [-0.1, -0.05) is 36.4 Å². The highest BCUT2D eigenvalue weighted by atomic mass is 32.2. The molecule has 8 heteroatoms. The molecule has 0 unspecified atom stereocenters. The third kappa shape index (κ3) is 5.23. The summed E-state index contributed by atoms with van der Waals surface area (Å²) in [6, 6.07) is 13.9. The van der Waals surface area contributed by atoms with E-state index in [0.29, 0.717) is 13.2 Å². The fraction of sp³-hybridized carbons (Fsp3) is 0.286. The van der Waals surface area contributed by atoms with Crippen molar-refractivity contribution >= 4 is 22.1 Å². The summed E-state index contributed by atoms with van der Waals surface area (Å²) >= 11 is 0. The lowest BCUT2D eigenvalue weighted by Gasteiger charge is -2.26. The maximum absolute atomic E-state index is 13.0. The van der Waals surface area contributed by atoms with Gasteiger partial charge in [-0.25, -0.2) is 13.2 Å². The molecule has 0 spiro atoms. The van der Waals surface area contributed by atoms with E-state index in [1.165, 1.54) is 29.6 Å². The van der Waals surface area contributed by atoms with Gasteiger partial charge in [-0.05, 0) is 29.8 Å². The van der Waals surface area contributed by atoms with Gasteiger partial charge in [0.1, 0.15) is 17.3 Å². The fourth-order valence-corrected chi connectivity index (χ4v) is 4.48. The van der Waals surface area contributed by atoms with E-state index >= 15 is 0 Å². The molecule has 0 bridgehead atoms. The molecule has 1 heterocycles. The van der Waals surface area contributed by atoms with Gasteiger partial charge >= 0.3 is 5.97 Å². The highest BCUT2D eigenvalue weighted by molar-refractivity contribution is 7.89. The largest absolute Gasteiger partial charge is 0.495 e. The van der Waals surface area contributed by atoms with E-state index < -0.39 is 16.0 Å². The lowest BCUT2D eigenvalue weighted by Crippen LogP contribution is -2.40. The van der Waals surface area contributed by atoms with Crippen molar-refractivity contribution in [1.82, 2.24) is 4.31 Å². The van der Waals surface area contributed by atoms with Gasteiger partial charge in [-0.15, -0.1) is 0 Å². The van der Waals surface area contributed by atoms with Crippen molar-refractivity contribution in [3.8, 4) is 5.75 Å². The zero-order valence-corrected chi connectivity index (χ0v) is 16.9. The zero-order valence-electron chi connectivity index (χ0n) is 16.1.